The first kappa shape index (κ1) is 25.7. The van der Waals surface area contributed by atoms with Crippen molar-refractivity contribution in [2.24, 2.45) is 0 Å². The number of nitro benzene ring substituents is 1. The van der Waals surface area contributed by atoms with Crippen molar-refractivity contribution < 1.29 is 28.8 Å². The Morgan fingerprint density at radius 1 is 1.00 bits per heavy atom. The van der Waals surface area contributed by atoms with Crippen molar-refractivity contribution in [2.45, 2.75) is 6.61 Å². The summed E-state index contributed by atoms with van der Waals surface area (Å²) < 4.78 is 11.1. The zero-order valence-electron chi connectivity index (χ0n) is 19.1. The van der Waals surface area contributed by atoms with Crippen LogP contribution in [0.2, 0.25) is 10.0 Å². The predicted molar refractivity (Wildman–Crippen MR) is 136 cm³/mol. The minimum absolute atomic E-state index is 0.0371. The lowest BCUT2D eigenvalue weighted by Gasteiger charge is -2.26. The van der Waals surface area contributed by atoms with Gasteiger partial charge in [0.25, 0.3) is 17.5 Å². The van der Waals surface area contributed by atoms with Gasteiger partial charge in [0.2, 0.25) is 0 Å². The molecule has 3 aromatic carbocycles. The summed E-state index contributed by atoms with van der Waals surface area (Å²) in [6.45, 7) is 0.0371. The van der Waals surface area contributed by atoms with E-state index in [1.807, 2.05) is 0 Å². The molecule has 0 radical (unpaired) electrons. The number of rotatable bonds is 7. The fourth-order valence-corrected chi connectivity index (χ4v) is 3.72. The Morgan fingerprint density at radius 2 is 1.73 bits per heavy atom. The zero-order chi connectivity index (χ0) is 26.7. The monoisotopic (exact) mass is 541 g/mol. The van der Waals surface area contributed by atoms with Gasteiger partial charge < -0.3 is 9.47 Å². The van der Waals surface area contributed by atoms with E-state index in [9.17, 15) is 24.5 Å². The van der Waals surface area contributed by atoms with E-state index in [4.69, 9.17) is 32.7 Å². The number of benzene rings is 3. The van der Waals surface area contributed by atoms with Crippen LogP contribution in [0, 0.1) is 10.1 Å². The van der Waals surface area contributed by atoms with Gasteiger partial charge in [-0.3, -0.25) is 25.0 Å². The minimum atomic E-state index is -0.935. The van der Waals surface area contributed by atoms with Crippen molar-refractivity contribution in [3.63, 3.8) is 0 Å². The molecule has 1 N–H and O–H groups in total. The lowest BCUT2D eigenvalue weighted by atomic mass is 10.1. The molecule has 0 spiro atoms. The fraction of sp³-hybridized carbons (Fsp3) is 0.0800. The zero-order valence-corrected chi connectivity index (χ0v) is 20.6. The SMILES string of the molecule is COc1ccc(/C=C2\C(=O)NC(=O)N(c3ccc(Cl)c(Cl)c3)C2=O)c(OCc2ccc([N+](=O)[O-])cc2)c1. The molecule has 0 aromatic heterocycles. The Bertz CT molecular complexity index is 1460. The largest absolute Gasteiger partial charge is 0.497 e. The van der Waals surface area contributed by atoms with Crippen molar-refractivity contribution in [1.29, 1.82) is 0 Å². The predicted octanol–water partition coefficient (Wildman–Crippen LogP) is 5.16. The van der Waals surface area contributed by atoms with Crippen molar-refractivity contribution >= 4 is 58.5 Å². The van der Waals surface area contributed by atoms with E-state index in [0.29, 0.717) is 16.9 Å². The molecule has 0 saturated carbocycles. The molecule has 1 aliphatic rings. The summed E-state index contributed by atoms with van der Waals surface area (Å²) in [5.41, 5.74) is 0.744. The number of carbonyl (C=O) groups is 3. The van der Waals surface area contributed by atoms with Crippen LogP contribution in [0.5, 0.6) is 11.5 Å². The highest BCUT2D eigenvalue weighted by molar-refractivity contribution is 6.43. The average molecular weight is 542 g/mol. The summed E-state index contributed by atoms with van der Waals surface area (Å²) >= 11 is 12.0. The Labute approximate surface area is 220 Å². The van der Waals surface area contributed by atoms with Crippen LogP contribution < -0.4 is 19.7 Å². The Morgan fingerprint density at radius 3 is 2.38 bits per heavy atom. The number of hydrogen-bond donors (Lipinski definition) is 1. The first-order chi connectivity index (χ1) is 17.7. The van der Waals surface area contributed by atoms with Crippen LogP contribution in [0.15, 0.2) is 66.2 Å². The first-order valence-electron chi connectivity index (χ1n) is 10.6. The van der Waals surface area contributed by atoms with Gasteiger partial charge in [-0.25, -0.2) is 9.69 Å². The van der Waals surface area contributed by atoms with Gasteiger partial charge in [0, 0.05) is 23.8 Å². The first-order valence-corrected chi connectivity index (χ1v) is 11.3. The van der Waals surface area contributed by atoms with Crippen LogP contribution in [0.1, 0.15) is 11.1 Å². The van der Waals surface area contributed by atoms with E-state index < -0.39 is 22.8 Å². The molecule has 4 rings (SSSR count). The molecule has 1 aliphatic heterocycles. The summed E-state index contributed by atoms with van der Waals surface area (Å²) in [5, 5.41) is 13.4. The van der Waals surface area contributed by atoms with Gasteiger partial charge in [0.1, 0.15) is 23.7 Å². The molecular formula is C25H17Cl2N3O7. The van der Waals surface area contributed by atoms with Gasteiger partial charge in [0.15, 0.2) is 0 Å². The Balaban J connectivity index is 1.66. The number of nitrogens with zero attached hydrogens (tertiary/aromatic N) is 2. The Hall–Kier alpha value is -4.41. The number of carbonyl (C=O) groups excluding carboxylic acids is 3. The van der Waals surface area contributed by atoms with Gasteiger partial charge in [-0.2, -0.15) is 0 Å². The van der Waals surface area contributed by atoms with Gasteiger partial charge in [-0.15, -0.1) is 0 Å². The van der Waals surface area contributed by atoms with Gasteiger partial charge in [0.05, 0.1) is 27.8 Å². The quantitative estimate of drug-likeness (QED) is 0.189. The number of urea groups is 1. The van der Waals surface area contributed by atoms with Crippen LogP contribution in [0.4, 0.5) is 16.2 Å². The number of barbiturate groups is 1. The minimum Gasteiger partial charge on any atom is -0.497 e. The average Bonchev–Trinajstić information content (AvgIpc) is 2.87. The number of anilines is 1. The fourth-order valence-electron chi connectivity index (χ4n) is 3.43. The summed E-state index contributed by atoms with van der Waals surface area (Å²) in [7, 11) is 1.46. The topological polar surface area (TPSA) is 128 Å². The summed E-state index contributed by atoms with van der Waals surface area (Å²) in [5.74, 6) is -1.04. The van der Waals surface area contributed by atoms with Crippen LogP contribution in [0.3, 0.4) is 0 Å². The van der Waals surface area contributed by atoms with Gasteiger partial charge >= 0.3 is 6.03 Å². The molecule has 1 saturated heterocycles. The highest BCUT2D eigenvalue weighted by Crippen LogP contribution is 2.32. The standard InChI is InChI=1S/C25H17Cl2N3O7/c1-36-18-8-4-15(22(12-18)37-13-14-2-5-16(6-3-14)30(34)35)10-19-23(31)28-25(33)29(24(19)32)17-7-9-20(26)21(27)11-17/h2-12H,13H2,1H3,(H,28,31,33)/b19-10+. The second-order valence-corrected chi connectivity index (χ2v) is 8.49. The molecule has 0 unspecified atom stereocenters. The van der Waals surface area contributed by atoms with Crippen molar-refractivity contribution in [2.75, 3.05) is 12.0 Å². The van der Waals surface area contributed by atoms with Crippen LogP contribution >= 0.6 is 23.2 Å². The molecule has 0 atom stereocenters. The number of ether oxygens (including phenoxy) is 2. The van der Waals surface area contributed by atoms with E-state index in [0.717, 1.165) is 4.90 Å². The molecule has 3 aromatic rings. The Kier molecular flexibility index (Phi) is 7.42. The molecule has 10 nitrogen and oxygen atoms in total. The van der Waals surface area contributed by atoms with Crippen molar-refractivity contribution in [3.8, 4) is 11.5 Å². The number of halogens is 2. The molecular weight excluding hydrogens is 525 g/mol. The van der Waals surface area contributed by atoms with Crippen LogP contribution in [-0.2, 0) is 16.2 Å². The third-order valence-corrected chi connectivity index (χ3v) is 6.06. The highest BCUT2D eigenvalue weighted by atomic mass is 35.5. The number of nitro groups is 1. The summed E-state index contributed by atoms with van der Waals surface area (Å²) in [6.07, 6.45) is 1.29. The van der Waals surface area contributed by atoms with Gasteiger partial charge in [-0.05, 0) is 54.1 Å². The van der Waals surface area contributed by atoms with E-state index >= 15 is 0 Å². The van der Waals surface area contributed by atoms with E-state index in [-0.39, 0.29) is 39.3 Å². The number of hydrogen-bond acceptors (Lipinski definition) is 7. The second-order valence-electron chi connectivity index (χ2n) is 7.67. The number of non-ortho nitro benzene ring substituents is 1. The lowest BCUT2D eigenvalue weighted by molar-refractivity contribution is -0.384. The van der Waals surface area contributed by atoms with Crippen LogP contribution in [-0.4, -0.2) is 29.9 Å². The number of amides is 4. The lowest BCUT2D eigenvalue weighted by Crippen LogP contribution is -2.54. The van der Waals surface area contributed by atoms with Gasteiger partial charge in [-0.1, -0.05) is 23.2 Å². The van der Waals surface area contributed by atoms with E-state index in [1.54, 1.807) is 30.3 Å². The van der Waals surface area contributed by atoms with E-state index in [1.165, 1.54) is 43.5 Å². The molecule has 1 fully saturated rings. The van der Waals surface area contributed by atoms with Crippen molar-refractivity contribution in [1.82, 2.24) is 5.32 Å². The number of nitrogens with one attached hydrogen (secondary N) is 1. The normalized spacial score (nSPS) is 14.5. The highest BCUT2D eigenvalue weighted by Gasteiger charge is 2.37. The summed E-state index contributed by atoms with van der Waals surface area (Å²) in [4.78, 5) is 49.4. The number of methoxy groups -OCH3 is 1. The second kappa shape index (κ2) is 10.7. The smallest absolute Gasteiger partial charge is 0.335 e. The molecule has 188 valence electrons. The van der Waals surface area contributed by atoms with E-state index in [2.05, 4.69) is 5.32 Å². The van der Waals surface area contributed by atoms with Crippen molar-refractivity contribution in [3.05, 3.63) is 97.5 Å². The molecule has 4 amide bonds. The van der Waals surface area contributed by atoms with Crippen LogP contribution in [0.25, 0.3) is 6.08 Å². The maximum atomic E-state index is 13.2. The molecule has 0 bridgehead atoms. The maximum absolute atomic E-state index is 13.2. The number of imide groups is 2. The third-order valence-electron chi connectivity index (χ3n) is 5.33. The maximum Gasteiger partial charge on any atom is 0.335 e. The molecule has 12 heteroatoms. The third kappa shape index (κ3) is 5.55. The molecule has 0 aliphatic carbocycles. The summed E-state index contributed by atoms with van der Waals surface area (Å²) in [6, 6.07) is 13.8. The molecule has 1 heterocycles. The molecule has 37 heavy (non-hydrogen) atoms.